The van der Waals surface area contributed by atoms with Gasteiger partial charge in [0.25, 0.3) is 0 Å². The van der Waals surface area contributed by atoms with E-state index in [0.29, 0.717) is 5.92 Å². The Kier molecular flexibility index (Phi) is 4.72. The second-order valence-corrected chi connectivity index (χ2v) is 7.42. The van der Waals surface area contributed by atoms with E-state index in [1.807, 2.05) is 0 Å². The Morgan fingerprint density at radius 2 is 1.10 bits per heavy atom. The highest BCUT2D eigenvalue weighted by molar-refractivity contribution is 5.67. The Balaban J connectivity index is 1.55. The normalized spacial score (nSPS) is 14.6. The molecule has 1 atom stereocenters. The second-order valence-electron chi connectivity index (χ2n) is 7.42. The molecule has 1 heteroatoms. The highest BCUT2D eigenvalue weighted by Gasteiger charge is 2.22. The molecule has 0 spiro atoms. The number of benzene rings is 4. The Bertz CT molecular complexity index is 1090. The van der Waals surface area contributed by atoms with Gasteiger partial charge < -0.3 is 4.90 Å². The van der Waals surface area contributed by atoms with Crippen LogP contribution in [0.2, 0.25) is 0 Å². The van der Waals surface area contributed by atoms with Crippen LogP contribution in [0, 0.1) is 0 Å². The standard InChI is InChI=1S/C28H23N/c1-3-13-24(14-4-1)29(25-15-5-2-6-16-25)21-23-12-8-10-18-27(23)28-20-19-22-11-7-9-17-26(22)28/h1-20,28H,21H2. The van der Waals surface area contributed by atoms with Crippen molar-refractivity contribution in [2.24, 2.45) is 0 Å². The molecule has 0 saturated heterocycles. The average molecular weight is 373 g/mol. The van der Waals surface area contributed by atoms with Crippen molar-refractivity contribution in [1.82, 2.24) is 0 Å². The first-order chi connectivity index (χ1) is 14.4. The van der Waals surface area contributed by atoms with Crippen molar-refractivity contribution in [2.75, 3.05) is 4.90 Å². The van der Waals surface area contributed by atoms with Crippen molar-refractivity contribution >= 4 is 17.5 Å². The van der Waals surface area contributed by atoms with Gasteiger partial charge in [0.2, 0.25) is 0 Å². The van der Waals surface area contributed by atoms with E-state index in [1.165, 1.54) is 33.6 Å². The van der Waals surface area contributed by atoms with Gasteiger partial charge in [-0.05, 0) is 46.5 Å². The van der Waals surface area contributed by atoms with Crippen molar-refractivity contribution in [3.8, 4) is 0 Å². The molecule has 5 rings (SSSR count). The topological polar surface area (TPSA) is 3.24 Å². The van der Waals surface area contributed by atoms with E-state index in [2.05, 4.69) is 126 Å². The number of para-hydroxylation sites is 2. The molecule has 1 nitrogen and oxygen atoms in total. The molecule has 29 heavy (non-hydrogen) atoms. The maximum atomic E-state index is 2.39. The van der Waals surface area contributed by atoms with Crippen LogP contribution in [0.3, 0.4) is 0 Å². The Labute approximate surface area is 172 Å². The summed E-state index contributed by atoms with van der Waals surface area (Å²) in [5, 5.41) is 0. The molecular formula is C28H23N. The summed E-state index contributed by atoms with van der Waals surface area (Å²) < 4.78 is 0. The van der Waals surface area contributed by atoms with E-state index in [0.717, 1.165) is 6.54 Å². The van der Waals surface area contributed by atoms with Crippen LogP contribution in [0.25, 0.3) is 6.08 Å². The molecule has 1 aliphatic rings. The fourth-order valence-corrected chi connectivity index (χ4v) is 4.22. The van der Waals surface area contributed by atoms with E-state index < -0.39 is 0 Å². The largest absolute Gasteiger partial charge is 0.337 e. The number of hydrogen-bond donors (Lipinski definition) is 0. The Morgan fingerprint density at radius 3 is 1.79 bits per heavy atom. The first-order valence-electron chi connectivity index (χ1n) is 10.1. The van der Waals surface area contributed by atoms with Gasteiger partial charge in [-0.25, -0.2) is 0 Å². The molecule has 0 N–H and O–H groups in total. The lowest BCUT2D eigenvalue weighted by Gasteiger charge is -2.27. The Hall–Kier alpha value is -3.58. The molecule has 0 heterocycles. The number of fused-ring (bicyclic) bond motifs is 1. The van der Waals surface area contributed by atoms with Crippen LogP contribution in [-0.4, -0.2) is 0 Å². The lowest BCUT2D eigenvalue weighted by atomic mass is 9.89. The van der Waals surface area contributed by atoms with Crippen LogP contribution in [0.4, 0.5) is 11.4 Å². The van der Waals surface area contributed by atoms with E-state index in [4.69, 9.17) is 0 Å². The molecule has 4 aromatic carbocycles. The minimum absolute atomic E-state index is 0.316. The van der Waals surface area contributed by atoms with Gasteiger partial charge in [0.1, 0.15) is 0 Å². The van der Waals surface area contributed by atoms with Gasteiger partial charge in [-0.15, -0.1) is 0 Å². The van der Waals surface area contributed by atoms with E-state index in [1.54, 1.807) is 0 Å². The zero-order valence-electron chi connectivity index (χ0n) is 16.3. The van der Waals surface area contributed by atoms with Crippen LogP contribution < -0.4 is 4.90 Å². The van der Waals surface area contributed by atoms with E-state index in [-0.39, 0.29) is 0 Å². The maximum Gasteiger partial charge on any atom is 0.0484 e. The number of allylic oxidation sites excluding steroid dienone is 1. The van der Waals surface area contributed by atoms with Crippen LogP contribution in [0.5, 0.6) is 0 Å². The summed E-state index contributed by atoms with van der Waals surface area (Å²) in [6.45, 7) is 0.830. The third kappa shape index (κ3) is 3.48. The SMILES string of the molecule is C1=CC(c2ccccc2CN(c2ccccc2)c2ccccc2)c2ccccc21. The zero-order valence-corrected chi connectivity index (χ0v) is 16.3. The first kappa shape index (κ1) is 17.5. The predicted octanol–water partition coefficient (Wildman–Crippen LogP) is 7.18. The zero-order chi connectivity index (χ0) is 19.5. The van der Waals surface area contributed by atoms with Crippen molar-refractivity contribution in [2.45, 2.75) is 12.5 Å². The maximum absolute atomic E-state index is 2.39. The summed E-state index contributed by atoms with van der Waals surface area (Å²) in [4.78, 5) is 2.39. The second kappa shape index (κ2) is 7.81. The molecule has 0 aromatic heterocycles. The molecule has 4 aromatic rings. The number of anilines is 2. The van der Waals surface area contributed by atoms with Gasteiger partial charge in [-0.2, -0.15) is 0 Å². The lowest BCUT2D eigenvalue weighted by Crippen LogP contribution is -2.18. The average Bonchev–Trinajstić information content (AvgIpc) is 3.23. The van der Waals surface area contributed by atoms with Gasteiger partial charge in [0.15, 0.2) is 0 Å². The first-order valence-corrected chi connectivity index (χ1v) is 10.1. The predicted molar refractivity (Wildman–Crippen MR) is 122 cm³/mol. The summed E-state index contributed by atoms with van der Waals surface area (Å²) in [6, 6.07) is 38.8. The number of hydrogen-bond acceptors (Lipinski definition) is 1. The van der Waals surface area contributed by atoms with Crippen molar-refractivity contribution in [1.29, 1.82) is 0 Å². The molecule has 0 fully saturated rings. The third-order valence-electron chi connectivity index (χ3n) is 5.65. The molecule has 0 radical (unpaired) electrons. The minimum atomic E-state index is 0.316. The van der Waals surface area contributed by atoms with Gasteiger partial charge in [0, 0.05) is 23.8 Å². The molecule has 0 saturated carbocycles. The highest BCUT2D eigenvalue weighted by Crippen LogP contribution is 2.38. The smallest absolute Gasteiger partial charge is 0.0484 e. The van der Waals surface area contributed by atoms with Crippen LogP contribution in [0.15, 0.2) is 115 Å². The van der Waals surface area contributed by atoms with Crippen molar-refractivity contribution in [3.63, 3.8) is 0 Å². The van der Waals surface area contributed by atoms with E-state index >= 15 is 0 Å². The quantitative estimate of drug-likeness (QED) is 0.358. The molecule has 1 aliphatic carbocycles. The molecule has 0 bridgehead atoms. The van der Waals surface area contributed by atoms with Gasteiger partial charge in [-0.1, -0.05) is 97.1 Å². The molecule has 1 unspecified atom stereocenters. The van der Waals surface area contributed by atoms with Gasteiger partial charge in [0.05, 0.1) is 0 Å². The highest BCUT2D eigenvalue weighted by atomic mass is 15.1. The fourth-order valence-electron chi connectivity index (χ4n) is 4.22. The van der Waals surface area contributed by atoms with Crippen molar-refractivity contribution in [3.05, 3.63) is 138 Å². The number of nitrogens with zero attached hydrogens (tertiary/aromatic N) is 1. The summed E-state index contributed by atoms with van der Waals surface area (Å²) in [5.41, 5.74) is 7.87. The van der Waals surface area contributed by atoms with Gasteiger partial charge in [-0.3, -0.25) is 0 Å². The Morgan fingerprint density at radius 1 is 0.552 bits per heavy atom. The summed E-state index contributed by atoms with van der Waals surface area (Å²) >= 11 is 0. The summed E-state index contributed by atoms with van der Waals surface area (Å²) in [7, 11) is 0. The third-order valence-corrected chi connectivity index (χ3v) is 5.65. The lowest BCUT2D eigenvalue weighted by molar-refractivity contribution is 0.926. The van der Waals surface area contributed by atoms with Crippen LogP contribution in [-0.2, 0) is 6.54 Å². The monoisotopic (exact) mass is 373 g/mol. The molecule has 0 aliphatic heterocycles. The molecule has 140 valence electrons. The summed E-state index contributed by atoms with van der Waals surface area (Å²) in [5.74, 6) is 0.316. The van der Waals surface area contributed by atoms with Crippen LogP contribution in [0.1, 0.15) is 28.2 Å². The van der Waals surface area contributed by atoms with Gasteiger partial charge >= 0.3 is 0 Å². The minimum Gasteiger partial charge on any atom is -0.337 e. The fraction of sp³-hybridized carbons (Fsp3) is 0.0714. The molecule has 0 amide bonds. The molecular weight excluding hydrogens is 350 g/mol. The van der Waals surface area contributed by atoms with E-state index in [9.17, 15) is 0 Å². The number of rotatable bonds is 5. The van der Waals surface area contributed by atoms with Crippen LogP contribution >= 0.6 is 0 Å². The van der Waals surface area contributed by atoms with Crippen molar-refractivity contribution < 1.29 is 0 Å². The summed E-state index contributed by atoms with van der Waals surface area (Å²) in [6.07, 6.45) is 4.59.